The van der Waals surface area contributed by atoms with Crippen LogP contribution >= 0.6 is 0 Å². The lowest BCUT2D eigenvalue weighted by Gasteiger charge is -2.20. The Kier molecular flexibility index (Phi) is 6.17. The summed E-state index contributed by atoms with van der Waals surface area (Å²) in [7, 11) is -0.911. The van der Waals surface area contributed by atoms with Gasteiger partial charge in [-0.3, -0.25) is 0 Å². The fourth-order valence-corrected chi connectivity index (χ4v) is 3.15. The van der Waals surface area contributed by atoms with E-state index in [1.807, 2.05) is 0 Å². The molecule has 1 rings (SSSR count). The van der Waals surface area contributed by atoms with E-state index in [1.54, 1.807) is 0 Å². The molecule has 0 radical (unpaired) electrons. The van der Waals surface area contributed by atoms with Gasteiger partial charge < -0.3 is 9.16 Å². The van der Waals surface area contributed by atoms with E-state index in [9.17, 15) is 0 Å². The Labute approximate surface area is 109 Å². The molecule has 2 nitrogen and oxygen atoms in total. The van der Waals surface area contributed by atoms with Gasteiger partial charge in [0.25, 0.3) is 0 Å². The summed E-state index contributed by atoms with van der Waals surface area (Å²) in [5, 5.41) is 0. The first-order chi connectivity index (χ1) is 7.88. The van der Waals surface area contributed by atoms with Crippen LogP contribution in [-0.4, -0.2) is 27.9 Å². The van der Waals surface area contributed by atoms with Gasteiger partial charge in [0, 0.05) is 0 Å². The molecule has 1 fully saturated rings. The molecule has 0 aromatic heterocycles. The van der Waals surface area contributed by atoms with Gasteiger partial charge in [0.2, 0.25) is 0 Å². The zero-order valence-corrected chi connectivity index (χ0v) is 13.4. The fourth-order valence-electron chi connectivity index (χ4n) is 2.14. The molecule has 0 bridgehead atoms. The van der Waals surface area contributed by atoms with Crippen LogP contribution in [0.25, 0.3) is 0 Å². The fraction of sp³-hybridized carbons (Fsp3) is 1.00. The molecule has 1 saturated heterocycles. The largest absolute Gasteiger partial charge is 0.415 e. The molecule has 0 spiro atoms. The predicted molar refractivity (Wildman–Crippen MR) is 76.0 cm³/mol. The summed E-state index contributed by atoms with van der Waals surface area (Å²) in [6.45, 7) is 12.4. The van der Waals surface area contributed by atoms with Gasteiger partial charge in [-0.1, -0.05) is 40.0 Å². The van der Waals surface area contributed by atoms with Crippen molar-refractivity contribution in [2.24, 2.45) is 5.41 Å². The molecular formula is C14H30O2Si. The second kappa shape index (κ2) is 6.91. The Bertz CT molecular complexity index is 207. The third-order valence-electron chi connectivity index (χ3n) is 3.14. The van der Waals surface area contributed by atoms with Gasteiger partial charge >= 0.3 is 0 Å². The maximum Gasteiger partial charge on any atom is 0.171 e. The molecule has 0 aromatic carbocycles. The highest BCUT2D eigenvalue weighted by Crippen LogP contribution is 2.25. The Balaban J connectivity index is 2.06. The highest BCUT2D eigenvalue weighted by atomic mass is 28.3. The minimum Gasteiger partial charge on any atom is -0.415 e. The van der Waals surface area contributed by atoms with Crippen LogP contribution in [0.15, 0.2) is 0 Å². The van der Waals surface area contributed by atoms with Crippen LogP contribution in [0.4, 0.5) is 0 Å². The van der Waals surface area contributed by atoms with Gasteiger partial charge in [-0.2, -0.15) is 0 Å². The number of rotatable bonds is 8. The third-order valence-corrected chi connectivity index (χ3v) is 4.03. The first-order valence-corrected chi connectivity index (χ1v) is 9.93. The topological polar surface area (TPSA) is 21.8 Å². The molecule has 0 aliphatic carbocycles. The Morgan fingerprint density at radius 3 is 2.35 bits per heavy atom. The Hall–Kier alpha value is 0.137. The van der Waals surface area contributed by atoms with Crippen LogP contribution in [0.1, 0.15) is 52.9 Å². The molecule has 0 aromatic rings. The van der Waals surface area contributed by atoms with E-state index in [2.05, 4.69) is 33.9 Å². The summed E-state index contributed by atoms with van der Waals surface area (Å²) in [4.78, 5) is 0. The maximum atomic E-state index is 6.04. The lowest BCUT2D eigenvalue weighted by atomic mass is 9.89. The van der Waals surface area contributed by atoms with Crippen molar-refractivity contribution in [3.05, 3.63) is 0 Å². The monoisotopic (exact) mass is 258 g/mol. The minimum atomic E-state index is -0.911. The van der Waals surface area contributed by atoms with Gasteiger partial charge in [0.1, 0.15) is 6.10 Å². The average Bonchev–Trinajstić information content (AvgIpc) is 2.96. The van der Waals surface area contributed by atoms with E-state index in [-0.39, 0.29) is 0 Å². The summed E-state index contributed by atoms with van der Waals surface area (Å²) in [5.41, 5.74) is 0.486. The summed E-state index contributed by atoms with van der Waals surface area (Å²) in [5.74, 6) is 0. The molecule has 2 atom stereocenters. The van der Waals surface area contributed by atoms with Crippen LogP contribution in [-0.2, 0) is 9.16 Å². The second-order valence-corrected chi connectivity index (χ2v) is 9.12. The molecule has 2 unspecified atom stereocenters. The first kappa shape index (κ1) is 15.2. The first-order valence-electron chi connectivity index (χ1n) is 7.15. The van der Waals surface area contributed by atoms with Crippen LogP contribution < -0.4 is 0 Å². The Morgan fingerprint density at radius 2 is 1.88 bits per heavy atom. The van der Waals surface area contributed by atoms with Gasteiger partial charge in [-0.05, 0) is 31.4 Å². The summed E-state index contributed by atoms with van der Waals surface area (Å²) < 4.78 is 11.4. The smallest absolute Gasteiger partial charge is 0.171 e. The van der Waals surface area contributed by atoms with Crippen molar-refractivity contribution in [1.82, 2.24) is 0 Å². The van der Waals surface area contributed by atoms with Gasteiger partial charge in [0.15, 0.2) is 9.04 Å². The number of hydrogen-bond acceptors (Lipinski definition) is 2. The molecule has 3 heteroatoms. The summed E-state index contributed by atoms with van der Waals surface area (Å²) in [6, 6.07) is 0. The third kappa shape index (κ3) is 7.95. The SMILES string of the molecule is C[SiH](C)OC(CCCCCC(C)(C)C)C1CO1. The van der Waals surface area contributed by atoms with Crippen molar-refractivity contribution in [3.8, 4) is 0 Å². The average molecular weight is 258 g/mol. The Morgan fingerprint density at radius 1 is 1.24 bits per heavy atom. The van der Waals surface area contributed by atoms with E-state index in [0.717, 1.165) is 6.61 Å². The van der Waals surface area contributed by atoms with Crippen LogP contribution in [0, 0.1) is 5.41 Å². The quantitative estimate of drug-likeness (QED) is 0.376. The molecule has 17 heavy (non-hydrogen) atoms. The van der Waals surface area contributed by atoms with Crippen molar-refractivity contribution < 1.29 is 9.16 Å². The number of epoxide rings is 1. The normalized spacial score (nSPS) is 21.9. The molecule has 102 valence electrons. The number of hydrogen-bond donors (Lipinski definition) is 0. The van der Waals surface area contributed by atoms with Crippen LogP contribution in [0.5, 0.6) is 0 Å². The van der Waals surface area contributed by atoms with E-state index >= 15 is 0 Å². The zero-order chi connectivity index (χ0) is 12.9. The van der Waals surface area contributed by atoms with Crippen molar-refractivity contribution in [1.29, 1.82) is 0 Å². The van der Waals surface area contributed by atoms with Crippen molar-refractivity contribution in [3.63, 3.8) is 0 Å². The molecular weight excluding hydrogens is 228 g/mol. The summed E-state index contributed by atoms with van der Waals surface area (Å²) in [6.07, 6.45) is 7.33. The minimum absolute atomic E-state index is 0.399. The molecule has 0 amide bonds. The van der Waals surface area contributed by atoms with Crippen LogP contribution in [0.3, 0.4) is 0 Å². The lowest BCUT2D eigenvalue weighted by Crippen LogP contribution is -2.25. The summed E-state index contributed by atoms with van der Waals surface area (Å²) >= 11 is 0. The van der Waals surface area contributed by atoms with Crippen molar-refractivity contribution in [2.45, 2.75) is 78.2 Å². The molecule has 0 saturated carbocycles. The molecule has 1 heterocycles. The number of ether oxygens (including phenoxy) is 1. The van der Waals surface area contributed by atoms with E-state index in [1.165, 1.54) is 32.1 Å². The van der Waals surface area contributed by atoms with Gasteiger partial charge in [-0.15, -0.1) is 0 Å². The number of unbranched alkanes of at least 4 members (excludes halogenated alkanes) is 2. The molecule has 1 aliphatic rings. The van der Waals surface area contributed by atoms with Gasteiger partial charge in [-0.25, -0.2) is 0 Å². The van der Waals surface area contributed by atoms with E-state index in [0.29, 0.717) is 17.6 Å². The van der Waals surface area contributed by atoms with Crippen molar-refractivity contribution in [2.75, 3.05) is 6.61 Å². The highest BCUT2D eigenvalue weighted by molar-refractivity contribution is 6.48. The van der Waals surface area contributed by atoms with Crippen LogP contribution in [0.2, 0.25) is 13.1 Å². The molecule has 0 N–H and O–H groups in total. The maximum absolute atomic E-state index is 6.04. The standard InChI is InChI=1S/C14H30O2Si/c1-14(2,3)10-8-6-7-9-12(13-11-15-13)16-17(4)5/h12-13,17H,6-11H2,1-5H3. The lowest BCUT2D eigenvalue weighted by molar-refractivity contribution is 0.147. The predicted octanol–water partition coefficient (Wildman–Crippen LogP) is 3.75. The van der Waals surface area contributed by atoms with E-state index in [4.69, 9.17) is 9.16 Å². The van der Waals surface area contributed by atoms with Crippen molar-refractivity contribution >= 4 is 9.04 Å². The highest BCUT2D eigenvalue weighted by Gasteiger charge is 2.33. The van der Waals surface area contributed by atoms with Gasteiger partial charge in [0.05, 0.1) is 12.7 Å². The second-order valence-electron chi connectivity index (χ2n) is 6.76. The zero-order valence-electron chi connectivity index (χ0n) is 12.3. The molecule has 1 aliphatic heterocycles. The van der Waals surface area contributed by atoms with E-state index < -0.39 is 9.04 Å².